The minimum absolute atomic E-state index is 0.331. The van der Waals surface area contributed by atoms with Gasteiger partial charge in [-0.05, 0) is 66.3 Å². The second kappa shape index (κ2) is 57.6. The first-order valence-electron chi connectivity index (χ1n) is 39.8. The summed E-state index contributed by atoms with van der Waals surface area (Å²) in [6.07, 6.45) is 73.4. The molecule has 0 saturated carbocycles. The maximum atomic E-state index is 12.6. The lowest BCUT2D eigenvalue weighted by Crippen LogP contribution is -2.29. The van der Waals surface area contributed by atoms with Gasteiger partial charge in [0.25, 0.3) is 0 Å². The Bertz CT molecular complexity index is 2180. The molecule has 92 heavy (non-hydrogen) atoms. The van der Waals surface area contributed by atoms with E-state index < -0.39 is 5.60 Å². The fourth-order valence-electron chi connectivity index (χ4n) is 13.5. The predicted octanol–water partition coefficient (Wildman–Crippen LogP) is 28.5. The van der Waals surface area contributed by atoms with Gasteiger partial charge in [-0.2, -0.15) is 0 Å². The van der Waals surface area contributed by atoms with Crippen LogP contribution in [-0.4, -0.2) is 24.9 Å². The molecule has 0 radical (unpaired) electrons. The fourth-order valence-corrected chi connectivity index (χ4v) is 13.8. The zero-order chi connectivity index (χ0) is 65.1. The van der Waals surface area contributed by atoms with E-state index in [1.54, 1.807) is 0 Å². The van der Waals surface area contributed by atoms with E-state index in [1.807, 2.05) is 78.9 Å². The zero-order valence-electron chi connectivity index (χ0n) is 60.1. The third-order valence-electron chi connectivity index (χ3n) is 19.5. The van der Waals surface area contributed by atoms with Crippen LogP contribution in [0.15, 0.2) is 91.0 Å². The zero-order valence-corrected chi connectivity index (χ0v) is 60.9. The first-order valence-corrected chi connectivity index (χ1v) is 40.2. The van der Waals surface area contributed by atoms with Crippen LogP contribution in [0, 0.1) is 0 Å². The van der Waals surface area contributed by atoms with Crippen molar-refractivity contribution in [3.8, 4) is 23.0 Å². The van der Waals surface area contributed by atoms with Crippen LogP contribution in [-0.2, 0) is 12.2 Å². The highest BCUT2D eigenvalue weighted by Gasteiger charge is 2.35. The Morgan fingerprint density at radius 3 is 0.880 bits per heavy atom. The highest BCUT2D eigenvalue weighted by atomic mass is 35.5. The van der Waals surface area contributed by atoms with Crippen molar-refractivity contribution in [3.63, 3.8) is 0 Å². The van der Waals surface area contributed by atoms with E-state index >= 15 is 0 Å². The van der Waals surface area contributed by atoms with Gasteiger partial charge in [0.1, 0.15) is 18.0 Å². The molecule has 4 aromatic carbocycles. The van der Waals surface area contributed by atoms with Crippen LogP contribution in [0.2, 0.25) is 5.02 Å². The Kier molecular flexibility index (Phi) is 50.5. The molecule has 5 nitrogen and oxygen atoms in total. The molecular formula is C86H141ClO5. The van der Waals surface area contributed by atoms with Gasteiger partial charge in [-0.1, -0.05) is 420 Å². The van der Waals surface area contributed by atoms with Crippen LogP contribution in [0.5, 0.6) is 23.0 Å². The van der Waals surface area contributed by atoms with E-state index in [2.05, 4.69) is 32.9 Å². The summed E-state index contributed by atoms with van der Waals surface area (Å²) < 4.78 is 26.9. The van der Waals surface area contributed by atoms with E-state index in [-0.39, 0.29) is 0 Å². The van der Waals surface area contributed by atoms with Gasteiger partial charge in [0, 0.05) is 10.6 Å². The third kappa shape index (κ3) is 38.8. The molecule has 522 valence electrons. The molecule has 0 bridgehead atoms. The Morgan fingerprint density at radius 2 is 0.565 bits per heavy atom. The summed E-state index contributed by atoms with van der Waals surface area (Å²) in [6, 6.07) is 29.4. The van der Waals surface area contributed by atoms with E-state index in [9.17, 15) is 5.11 Å². The van der Waals surface area contributed by atoms with Crippen molar-refractivity contribution in [2.75, 3.05) is 19.8 Å². The SMILES string of the molecule is CCCCCCCCCCCCCCCCCCCCOc1cc(COc2ccc(C(O)(c3ccccc3)c3ccccc3Cl)cc2)cc(OCCCCCCCCCCCCCCCCCCCC)c1OCCCCCCCCCCCCCCCCCCCC. The van der Waals surface area contributed by atoms with Crippen molar-refractivity contribution in [1.82, 2.24) is 0 Å². The molecule has 4 rings (SSSR count). The summed E-state index contributed by atoms with van der Waals surface area (Å²) >= 11 is 6.79. The summed E-state index contributed by atoms with van der Waals surface area (Å²) in [5.41, 5.74) is 1.63. The summed E-state index contributed by atoms with van der Waals surface area (Å²) in [6.45, 7) is 9.19. The number of benzene rings is 4. The number of aliphatic hydroxyl groups is 1. The number of hydrogen-bond acceptors (Lipinski definition) is 5. The molecule has 1 N–H and O–H groups in total. The molecule has 0 amide bonds. The second-order valence-electron chi connectivity index (χ2n) is 27.9. The van der Waals surface area contributed by atoms with Gasteiger partial charge >= 0.3 is 0 Å². The average molecular weight is 1290 g/mol. The molecule has 0 aliphatic rings. The largest absolute Gasteiger partial charge is 0.490 e. The van der Waals surface area contributed by atoms with E-state index in [1.165, 1.54) is 327 Å². The number of rotatable bonds is 66. The fraction of sp³-hybridized carbons (Fsp3) is 0.721. The smallest absolute Gasteiger partial charge is 0.203 e. The molecule has 0 fully saturated rings. The number of unbranched alkanes of at least 4 members (excludes halogenated alkanes) is 51. The van der Waals surface area contributed by atoms with Gasteiger partial charge < -0.3 is 24.1 Å². The van der Waals surface area contributed by atoms with Gasteiger partial charge in [-0.25, -0.2) is 0 Å². The highest BCUT2D eigenvalue weighted by molar-refractivity contribution is 6.31. The van der Waals surface area contributed by atoms with Crippen LogP contribution in [0.3, 0.4) is 0 Å². The maximum Gasteiger partial charge on any atom is 0.203 e. The van der Waals surface area contributed by atoms with Crippen molar-refractivity contribution in [2.45, 2.75) is 380 Å². The molecular weight excluding hydrogens is 1150 g/mol. The Balaban J connectivity index is 1.33. The molecule has 1 atom stereocenters. The number of halogens is 1. The van der Waals surface area contributed by atoms with Crippen molar-refractivity contribution in [2.24, 2.45) is 0 Å². The van der Waals surface area contributed by atoms with Crippen LogP contribution in [0.1, 0.15) is 390 Å². The van der Waals surface area contributed by atoms with E-state index in [0.717, 1.165) is 47.6 Å². The summed E-state index contributed by atoms with van der Waals surface area (Å²) in [4.78, 5) is 0. The predicted molar refractivity (Wildman–Crippen MR) is 400 cm³/mol. The molecule has 0 saturated heterocycles. The van der Waals surface area contributed by atoms with Crippen molar-refractivity contribution >= 4 is 11.6 Å². The first-order chi connectivity index (χ1) is 45.5. The quantitative estimate of drug-likeness (QED) is 0.0353. The number of hydrogen-bond donors (Lipinski definition) is 1. The molecule has 1 unspecified atom stereocenters. The van der Waals surface area contributed by atoms with Crippen LogP contribution in [0.4, 0.5) is 0 Å². The molecule has 0 aliphatic heterocycles. The Morgan fingerprint density at radius 1 is 0.293 bits per heavy atom. The topological polar surface area (TPSA) is 57.2 Å². The minimum atomic E-state index is -1.45. The molecule has 0 aromatic heterocycles. The first kappa shape index (κ1) is 80.8. The van der Waals surface area contributed by atoms with Crippen LogP contribution >= 0.6 is 11.6 Å². The van der Waals surface area contributed by atoms with Gasteiger partial charge in [0.15, 0.2) is 11.5 Å². The Labute approximate surface area is 573 Å². The Hall–Kier alpha value is -3.67. The lowest BCUT2D eigenvalue weighted by Gasteiger charge is -2.31. The normalized spacial score (nSPS) is 12.2. The molecule has 0 aliphatic carbocycles. The molecule has 0 spiro atoms. The van der Waals surface area contributed by atoms with Crippen LogP contribution in [0.25, 0.3) is 0 Å². The van der Waals surface area contributed by atoms with Gasteiger partial charge in [0.05, 0.1) is 19.8 Å². The maximum absolute atomic E-state index is 12.6. The highest BCUT2D eigenvalue weighted by Crippen LogP contribution is 2.42. The summed E-state index contributed by atoms with van der Waals surface area (Å²) in [5.74, 6) is 2.97. The minimum Gasteiger partial charge on any atom is -0.490 e. The third-order valence-corrected chi connectivity index (χ3v) is 19.8. The van der Waals surface area contributed by atoms with Crippen LogP contribution < -0.4 is 18.9 Å². The monoisotopic (exact) mass is 1290 g/mol. The van der Waals surface area contributed by atoms with Crippen molar-refractivity contribution < 1.29 is 24.1 Å². The van der Waals surface area contributed by atoms with Gasteiger partial charge in [-0.3, -0.25) is 0 Å². The van der Waals surface area contributed by atoms with Gasteiger partial charge in [-0.15, -0.1) is 0 Å². The summed E-state index contributed by atoms with van der Waals surface area (Å²) in [5, 5.41) is 13.1. The van der Waals surface area contributed by atoms with E-state index in [4.69, 9.17) is 30.5 Å². The average Bonchev–Trinajstić information content (AvgIpc) is 0.794. The lowest BCUT2D eigenvalue weighted by molar-refractivity contribution is 0.125. The van der Waals surface area contributed by atoms with Crippen molar-refractivity contribution in [3.05, 3.63) is 118 Å². The second-order valence-corrected chi connectivity index (χ2v) is 28.3. The molecule has 4 aromatic rings. The molecule has 6 heteroatoms. The number of ether oxygens (including phenoxy) is 4. The summed E-state index contributed by atoms with van der Waals surface area (Å²) in [7, 11) is 0. The standard InChI is InChI=1S/C86H141ClO5/c1-4-7-10-13-16-19-22-25-28-31-34-37-40-43-46-49-52-60-71-89-83-74-77(76-92-80-69-67-79(68-70-80)86(88,78-63-56-55-57-64-78)81-65-58-59-66-82(81)87)75-84(90-72-61-53-50-47-44-41-38-35-32-29-26-23-20-17-14-11-8-5-2)85(83)91-73-62-54-51-48-45-42-39-36-33-30-27-24-21-18-15-12-9-6-3/h55-59,63-70,74-75,88H,4-54,60-62,71-73,76H2,1-3H3. The van der Waals surface area contributed by atoms with E-state index in [0.29, 0.717) is 48.3 Å². The van der Waals surface area contributed by atoms with Crippen molar-refractivity contribution in [1.29, 1.82) is 0 Å². The molecule has 0 heterocycles. The van der Waals surface area contributed by atoms with Gasteiger partial charge in [0.2, 0.25) is 5.75 Å². The lowest BCUT2D eigenvalue weighted by atomic mass is 9.80.